The summed E-state index contributed by atoms with van der Waals surface area (Å²) in [4.78, 5) is 13.3. The summed E-state index contributed by atoms with van der Waals surface area (Å²) in [6.07, 6.45) is 6.49. The second-order valence-electron chi connectivity index (χ2n) is 6.73. The number of carbonyl (C=O) groups is 1. The van der Waals surface area contributed by atoms with Gasteiger partial charge in [-0.05, 0) is 44.7 Å². The molecule has 2 N–H and O–H groups in total. The SMILES string of the molecule is CC(CC=O)CCCC(C)(C)O.Cc1c[nH]c2ccccc12. The van der Waals surface area contributed by atoms with Crippen LogP contribution in [-0.2, 0) is 4.79 Å². The highest BCUT2D eigenvalue weighted by molar-refractivity contribution is 5.82. The largest absolute Gasteiger partial charge is 0.390 e. The number of benzene rings is 1. The zero-order valence-corrected chi connectivity index (χ0v) is 14.2. The van der Waals surface area contributed by atoms with Crippen LogP contribution in [-0.4, -0.2) is 22.0 Å². The van der Waals surface area contributed by atoms with Gasteiger partial charge in [0.2, 0.25) is 0 Å². The summed E-state index contributed by atoms with van der Waals surface area (Å²) in [7, 11) is 0. The molecule has 22 heavy (non-hydrogen) atoms. The molecule has 1 unspecified atom stereocenters. The fourth-order valence-corrected chi connectivity index (χ4v) is 2.38. The highest BCUT2D eigenvalue weighted by atomic mass is 16.3. The van der Waals surface area contributed by atoms with Crippen molar-refractivity contribution in [1.29, 1.82) is 0 Å². The third-order valence-electron chi connectivity index (χ3n) is 3.78. The molecule has 0 amide bonds. The van der Waals surface area contributed by atoms with E-state index in [1.165, 1.54) is 16.5 Å². The topological polar surface area (TPSA) is 53.1 Å². The Balaban J connectivity index is 0.000000222. The molecule has 1 aromatic carbocycles. The summed E-state index contributed by atoms with van der Waals surface area (Å²) in [5.74, 6) is 0.463. The summed E-state index contributed by atoms with van der Waals surface area (Å²) in [6, 6.07) is 8.31. The van der Waals surface area contributed by atoms with Gasteiger partial charge >= 0.3 is 0 Å². The van der Waals surface area contributed by atoms with E-state index in [1.807, 2.05) is 26.1 Å². The lowest BCUT2D eigenvalue weighted by molar-refractivity contribution is -0.108. The number of rotatable bonds is 6. The summed E-state index contributed by atoms with van der Waals surface area (Å²) in [5, 5.41) is 10.7. The standard InChI is InChI=1S/C10H20O2.C9H9N/c1-9(6-8-11)5-4-7-10(2,3)12;1-7-6-10-9-5-3-2-4-8(7)9/h8-9,12H,4-7H2,1-3H3;2-6,10H,1H3. The van der Waals surface area contributed by atoms with Crippen LogP contribution < -0.4 is 0 Å². The number of aliphatic hydroxyl groups is 1. The number of carbonyl (C=O) groups excluding carboxylic acids is 1. The Kier molecular flexibility index (Phi) is 7.33. The Morgan fingerprint density at radius 2 is 2.00 bits per heavy atom. The number of para-hydroxylation sites is 1. The lowest BCUT2D eigenvalue weighted by Crippen LogP contribution is -2.18. The third-order valence-corrected chi connectivity index (χ3v) is 3.78. The number of hydrogen-bond acceptors (Lipinski definition) is 2. The lowest BCUT2D eigenvalue weighted by atomic mass is 9.96. The summed E-state index contributed by atoms with van der Waals surface area (Å²) < 4.78 is 0. The summed E-state index contributed by atoms with van der Waals surface area (Å²) in [5.41, 5.74) is 1.98. The van der Waals surface area contributed by atoms with Gasteiger partial charge in [-0.3, -0.25) is 0 Å². The molecule has 0 radical (unpaired) electrons. The second kappa shape index (κ2) is 8.74. The van der Waals surface area contributed by atoms with E-state index in [9.17, 15) is 9.90 Å². The number of aldehydes is 1. The molecule has 0 fully saturated rings. The molecular formula is C19H29NO2. The highest BCUT2D eigenvalue weighted by Crippen LogP contribution is 2.17. The second-order valence-corrected chi connectivity index (χ2v) is 6.73. The Labute approximate surface area is 133 Å². The molecule has 2 aromatic rings. The van der Waals surface area contributed by atoms with E-state index in [-0.39, 0.29) is 0 Å². The average molecular weight is 303 g/mol. The fourth-order valence-electron chi connectivity index (χ4n) is 2.38. The predicted molar refractivity (Wildman–Crippen MR) is 93.0 cm³/mol. The van der Waals surface area contributed by atoms with Crippen LogP contribution >= 0.6 is 0 Å². The van der Waals surface area contributed by atoms with Crippen molar-refractivity contribution in [3.8, 4) is 0 Å². The molecule has 1 atom stereocenters. The van der Waals surface area contributed by atoms with Crippen molar-refractivity contribution in [3.63, 3.8) is 0 Å². The van der Waals surface area contributed by atoms with E-state index in [0.29, 0.717) is 12.3 Å². The highest BCUT2D eigenvalue weighted by Gasteiger charge is 2.12. The van der Waals surface area contributed by atoms with Crippen molar-refractivity contribution in [2.75, 3.05) is 0 Å². The van der Waals surface area contributed by atoms with E-state index >= 15 is 0 Å². The van der Waals surface area contributed by atoms with Crippen molar-refractivity contribution < 1.29 is 9.90 Å². The monoisotopic (exact) mass is 303 g/mol. The van der Waals surface area contributed by atoms with Gasteiger partial charge in [-0.2, -0.15) is 0 Å². The molecule has 0 spiro atoms. The minimum absolute atomic E-state index is 0.463. The van der Waals surface area contributed by atoms with Crippen LogP contribution in [0, 0.1) is 12.8 Å². The normalized spacial score (nSPS) is 12.6. The maximum absolute atomic E-state index is 10.1. The number of H-pyrrole nitrogens is 1. The van der Waals surface area contributed by atoms with Gasteiger partial charge in [-0.25, -0.2) is 0 Å². The first kappa shape index (κ1) is 18.4. The van der Waals surface area contributed by atoms with Crippen molar-refractivity contribution in [3.05, 3.63) is 36.0 Å². The van der Waals surface area contributed by atoms with Gasteiger partial charge < -0.3 is 14.9 Å². The van der Waals surface area contributed by atoms with Gasteiger partial charge in [0.05, 0.1) is 5.60 Å². The molecule has 0 aliphatic rings. The van der Waals surface area contributed by atoms with Crippen molar-refractivity contribution >= 4 is 17.2 Å². The maximum atomic E-state index is 10.1. The third kappa shape index (κ3) is 6.90. The van der Waals surface area contributed by atoms with Gasteiger partial charge in [0.25, 0.3) is 0 Å². The minimum Gasteiger partial charge on any atom is -0.390 e. The van der Waals surface area contributed by atoms with Crippen LogP contribution in [0.2, 0.25) is 0 Å². The van der Waals surface area contributed by atoms with Crippen LogP contribution in [0.1, 0.15) is 52.0 Å². The first-order valence-electron chi connectivity index (χ1n) is 8.02. The molecule has 0 aliphatic heterocycles. The molecular weight excluding hydrogens is 274 g/mol. The Morgan fingerprint density at radius 3 is 2.59 bits per heavy atom. The molecule has 3 nitrogen and oxygen atoms in total. The molecule has 0 saturated heterocycles. The van der Waals surface area contributed by atoms with Crippen LogP contribution in [0.15, 0.2) is 30.5 Å². The van der Waals surface area contributed by atoms with Crippen LogP contribution in [0.4, 0.5) is 0 Å². The van der Waals surface area contributed by atoms with Crippen molar-refractivity contribution in [2.45, 2.75) is 59.0 Å². The average Bonchev–Trinajstić information content (AvgIpc) is 2.81. The van der Waals surface area contributed by atoms with E-state index in [0.717, 1.165) is 25.5 Å². The number of fused-ring (bicyclic) bond motifs is 1. The van der Waals surface area contributed by atoms with Crippen LogP contribution in [0.3, 0.4) is 0 Å². The minimum atomic E-state index is -0.555. The van der Waals surface area contributed by atoms with Gasteiger partial charge in [-0.15, -0.1) is 0 Å². The molecule has 1 heterocycles. The maximum Gasteiger partial charge on any atom is 0.120 e. The van der Waals surface area contributed by atoms with E-state index in [2.05, 4.69) is 37.0 Å². The first-order valence-corrected chi connectivity index (χ1v) is 8.02. The van der Waals surface area contributed by atoms with E-state index in [1.54, 1.807) is 0 Å². The zero-order valence-electron chi connectivity index (χ0n) is 14.2. The van der Waals surface area contributed by atoms with E-state index in [4.69, 9.17) is 0 Å². The molecule has 0 bridgehead atoms. The van der Waals surface area contributed by atoms with Crippen molar-refractivity contribution in [1.82, 2.24) is 4.98 Å². The number of hydrogen-bond donors (Lipinski definition) is 2. The van der Waals surface area contributed by atoms with Gasteiger partial charge in [0.1, 0.15) is 6.29 Å². The fraction of sp³-hybridized carbons (Fsp3) is 0.526. The molecule has 0 aliphatic carbocycles. The Bertz CT molecular complexity index is 566. The van der Waals surface area contributed by atoms with E-state index < -0.39 is 5.60 Å². The number of nitrogens with one attached hydrogen (secondary N) is 1. The Hall–Kier alpha value is -1.61. The molecule has 1 aromatic heterocycles. The summed E-state index contributed by atoms with van der Waals surface area (Å²) in [6.45, 7) is 7.81. The number of aromatic amines is 1. The Morgan fingerprint density at radius 1 is 1.32 bits per heavy atom. The van der Waals surface area contributed by atoms with Crippen LogP contribution in [0.5, 0.6) is 0 Å². The molecule has 3 heteroatoms. The van der Waals surface area contributed by atoms with Gasteiger partial charge in [0, 0.05) is 23.5 Å². The summed E-state index contributed by atoms with van der Waals surface area (Å²) >= 11 is 0. The smallest absolute Gasteiger partial charge is 0.120 e. The van der Waals surface area contributed by atoms with Crippen LogP contribution in [0.25, 0.3) is 10.9 Å². The van der Waals surface area contributed by atoms with Gasteiger partial charge in [-0.1, -0.05) is 38.0 Å². The first-order chi connectivity index (χ1) is 10.3. The van der Waals surface area contributed by atoms with Gasteiger partial charge in [0.15, 0.2) is 0 Å². The number of aryl methyl sites for hydroxylation is 1. The van der Waals surface area contributed by atoms with Crippen molar-refractivity contribution in [2.24, 2.45) is 5.92 Å². The lowest BCUT2D eigenvalue weighted by Gasteiger charge is -2.17. The molecule has 0 saturated carbocycles. The molecule has 2 rings (SSSR count). The number of aromatic nitrogens is 1. The predicted octanol–water partition coefficient (Wildman–Crippen LogP) is 4.63. The molecule has 122 valence electrons. The quantitative estimate of drug-likeness (QED) is 0.764. The zero-order chi connectivity index (χ0) is 16.6.